The predicted molar refractivity (Wildman–Crippen MR) is 58.3 cm³/mol. The van der Waals surface area contributed by atoms with E-state index in [2.05, 4.69) is 15.6 Å². The molecule has 1 aromatic heterocycles. The Morgan fingerprint density at radius 3 is 2.76 bits per heavy atom. The van der Waals surface area contributed by atoms with E-state index in [1.165, 1.54) is 0 Å². The molecule has 0 aliphatic heterocycles. The number of oxazole rings is 1. The third kappa shape index (κ3) is 4.13. The van der Waals surface area contributed by atoms with E-state index in [0.717, 1.165) is 0 Å². The van der Waals surface area contributed by atoms with E-state index < -0.39 is 18.0 Å². The summed E-state index contributed by atoms with van der Waals surface area (Å²) >= 11 is 0. The number of hydrogen-bond acceptors (Lipinski definition) is 4. The number of carboxylic acid groups (broad SMARTS) is 1. The number of carbonyl (C=O) groups excluding carboxylic acids is 1. The number of aliphatic carboxylic acids is 1. The normalized spacial score (nSPS) is 11.9. The highest BCUT2D eigenvalue weighted by Crippen LogP contribution is 2.00. The summed E-state index contributed by atoms with van der Waals surface area (Å²) in [6, 6.07) is -1.45. The van der Waals surface area contributed by atoms with Crippen molar-refractivity contribution in [2.45, 2.75) is 32.9 Å². The summed E-state index contributed by atoms with van der Waals surface area (Å²) in [5.41, 5.74) is 0. The highest BCUT2D eigenvalue weighted by molar-refractivity contribution is 5.82. The Bertz CT molecular complexity index is 402. The summed E-state index contributed by atoms with van der Waals surface area (Å²) < 4.78 is 5.14. The number of nitrogens with zero attached hydrogens (tertiary/aromatic N) is 1. The first-order valence-electron chi connectivity index (χ1n) is 5.21. The van der Waals surface area contributed by atoms with E-state index in [0.29, 0.717) is 18.1 Å². The maximum absolute atomic E-state index is 11.3. The summed E-state index contributed by atoms with van der Waals surface area (Å²) in [5, 5.41) is 13.5. The van der Waals surface area contributed by atoms with E-state index in [9.17, 15) is 9.59 Å². The number of rotatable bonds is 5. The second-order valence-corrected chi connectivity index (χ2v) is 3.49. The minimum atomic E-state index is -1.06. The molecular formula is C10H15N3O4. The van der Waals surface area contributed by atoms with Gasteiger partial charge in [0.25, 0.3) is 0 Å². The third-order valence-electron chi connectivity index (χ3n) is 2.08. The fourth-order valence-electron chi connectivity index (χ4n) is 1.19. The Balaban J connectivity index is 2.37. The number of hydrogen-bond donors (Lipinski definition) is 3. The number of aromatic nitrogens is 1. The van der Waals surface area contributed by atoms with Gasteiger partial charge in [-0.15, -0.1) is 0 Å². The smallest absolute Gasteiger partial charge is 0.326 e. The first kappa shape index (κ1) is 13.0. The lowest BCUT2D eigenvalue weighted by Gasteiger charge is -2.12. The van der Waals surface area contributed by atoms with Crippen molar-refractivity contribution >= 4 is 12.0 Å². The van der Waals surface area contributed by atoms with Gasteiger partial charge in [0.15, 0.2) is 0 Å². The first-order valence-corrected chi connectivity index (χ1v) is 5.21. The summed E-state index contributed by atoms with van der Waals surface area (Å²) in [7, 11) is 0. The van der Waals surface area contributed by atoms with Crippen LogP contribution in [-0.4, -0.2) is 28.1 Å². The molecule has 0 bridgehead atoms. The monoisotopic (exact) mass is 241 g/mol. The van der Waals surface area contributed by atoms with Crippen LogP contribution in [0.5, 0.6) is 0 Å². The summed E-state index contributed by atoms with van der Waals surface area (Å²) in [5.74, 6) is -0.0326. The molecule has 1 heterocycles. The van der Waals surface area contributed by atoms with Crippen LogP contribution in [0.15, 0.2) is 10.6 Å². The zero-order chi connectivity index (χ0) is 12.8. The van der Waals surface area contributed by atoms with Gasteiger partial charge in [0.2, 0.25) is 5.89 Å². The Hall–Kier alpha value is -2.05. The van der Waals surface area contributed by atoms with E-state index in [1.54, 1.807) is 20.0 Å². The van der Waals surface area contributed by atoms with E-state index in [1.807, 2.05) is 0 Å². The van der Waals surface area contributed by atoms with Crippen LogP contribution in [0.3, 0.4) is 0 Å². The molecule has 0 spiro atoms. The molecule has 17 heavy (non-hydrogen) atoms. The average molecular weight is 241 g/mol. The van der Waals surface area contributed by atoms with Gasteiger partial charge in [0.05, 0.1) is 12.7 Å². The molecule has 0 saturated carbocycles. The second kappa shape index (κ2) is 5.88. The van der Waals surface area contributed by atoms with Crippen molar-refractivity contribution in [1.29, 1.82) is 0 Å². The maximum atomic E-state index is 11.3. The number of nitrogens with one attached hydrogen (secondary N) is 2. The van der Waals surface area contributed by atoms with Crippen LogP contribution < -0.4 is 10.6 Å². The molecule has 1 unspecified atom stereocenters. The Morgan fingerprint density at radius 2 is 2.29 bits per heavy atom. The van der Waals surface area contributed by atoms with Crippen molar-refractivity contribution in [3.05, 3.63) is 17.8 Å². The lowest BCUT2D eigenvalue weighted by atomic mass is 10.2. The van der Waals surface area contributed by atoms with Gasteiger partial charge in [-0.2, -0.15) is 0 Å². The number of carboxylic acids is 1. The van der Waals surface area contributed by atoms with Crippen molar-refractivity contribution in [3.63, 3.8) is 0 Å². The van der Waals surface area contributed by atoms with Crippen molar-refractivity contribution in [2.75, 3.05) is 0 Å². The fraction of sp³-hybridized carbons (Fsp3) is 0.500. The zero-order valence-corrected chi connectivity index (χ0v) is 9.69. The molecule has 7 heteroatoms. The molecule has 0 aliphatic carbocycles. The minimum absolute atomic E-state index is 0.121. The van der Waals surface area contributed by atoms with Crippen LogP contribution in [0.25, 0.3) is 0 Å². The van der Waals surface area contributed by atoms with Crippen LogP contribution in [0, 0.1) is 6.92 Å². The molecule has 7 nitrogen and oxygen atoms in total. The molecule has 2 amide bonds. The Morgan fingerprint density at radius 1 is 1.59 bits per heavy atom. The third-order valence-corrected chi connectivity index (χ3v) is 2.08. The van der Waals surface area contributed by atoms with Gasteiger partial charge in [-0.1, -0.05) is 6.92 Å². The first-order chi connectivity index (χ1) is 8.02. The van der Waals surface area contributed by atoms with Gasteiger partial charge in [-0.3, -0.25) is 0 Å². The zero-order valence-electron chi connectivity index (χ0n) is 9.69. The van der Waals surface area contributed by atoms with Gasteiger partial charge in [0.1, 0.15) is 11.8 Å². The van der Waals surface area contributed by atoms with Crippen molar-refractivity contribution in [3.8, 4) is 0 Å². The quantitative estimate of drug-likeness (QED) is 0.701. The fourth-order valence-corrected chi connectivity index (χ4v) is 1.19. The molecule has 94 valence electrons. The van der Waals surface area contributed by atoms with Crippen LogP contribution in [0.2, 0.25) is 0 Å². The number of urea groups is 1. The molecule has 3 N–H and O–H groups in total. The van der Waals surface area contributed by atoms with Crippen molar-refractivity contribution in [1.82, 2.24) is 15.6 Å². The number of carbonyl (C=O) groups is 2. The molecule has 1 aromatic rings. The van der Waals surface area contributed by atoms with Gasteiger partial charge < -0.3 is 20.2 Å². The van der Waals surface area contributed by atoms with Gasteiger partial charge in [-0.05, 0) is 13.3 Å². The molecule has 0 radical (unpaired) electrons. The summed E-state index contributed by atoms with van der Waals surface area (Å²) in [4.78, 5) is 25.9. The predicted octanol–water partition coefficient (Wildman–Crippen LogP) is 0.645. The molecule has 1 rings (SSSR count). The maximum Gasteiger partial charge on any atom is 0.326 e. The standard InChI is InChI=1S/C10H15N3O4/c1-3-7(9(14)15)13-10(16)12-5-8-11-4-6(2)17-8/h4,7H,3,5H2,1-2H3,(H,14,15)(H2,12,13,16). The highest BCUT2D eigenvalue weighted by Gasteiger charge is 2.17. The van der Waals surface area contributed by atoms with E-state index >= 15 is 0 Å². The number of aryl methyl sites for hydroxylation is 1. The summed E-state index contributed by atoms with van der Waals surface area (Å²) in [6.45, 7) is 3.54. The highest BCUT2D eigenvalue weighted by atomic mass is 16.4. The molecule has 0 aromatic carbocycles. The van der Waals surface area contributed by atoms with Crippen LogP contribution in [-0.2, 0) is 11.3 Å². The topological polar surface area (TPSA) is 104 Å². The molecular weight excluding hydrogens is 226 g/mol. The van der Waals surface area contributed by atoms with Gasteiger partial charge in [-0.25, -0.2) is 14.6 Å². The second-order valence-electron chi connectivity index (χ2n) is 3.49. The van der Waals surface area contributed by atoms with Gasteiger partial charge in [0, 0.05) is 0 Å². The summed E-state index contributed by atoms with van der Waals surface area (Å²) in [6.07, 6.45) is 1.86. The lowest BCUT2D eigenvalue weighted by molar-refractivity contribution is -0.139. The molecule has 0 aliphatic rings. The molecule has 0 fully saturated rings. The average Bonchev–Trinajstić information content (AvgIpc) is 2.68. The van der Waals surface area contributed by atoms with E-state index in [4.69, 9.17) is 9.52 Å². The van der Waals surface area contributed by atoms with E-state index in [-0.39, 0.29) is 6.54 Å². The Kier molecular flexibility index (Phi) is 4.50. The van der Waals surface area contributed by atoms with Crippen LogP contribution in [0.4, 0.5) is 4.79 Å². The number of amides is 2. The van der Waals surface area contributed by atoms with Crippen LogP contribution in [0.1, 0.15) is 25.0 Å². The molecule has 0 saturated heterocycles. The van der Waals surface area contributed by atoms with Crippen LogP contribution >= 0.6 is 0 Å². The minimum Gasteiger partial charge on any atom is -0.480 e. The molecule has 1 atom stereocenters. The largest absolute Gasteiger partial charge is 0.480 e. The van der Waals surface area contributed by atoms with Crippen molar-refractivity contribution in [2.24, 2.45) is 0 Å². The lowest BCUT2D eigenvalue weighted by Crippen LogP contribution is -2.45. The Labute approximate surface area is 98.2 Å². The van der Waals surface area contributed by atoms with Gasteiger partial charge >= 0.3 is 12.0 Å². The SMILES string of the molecule is CCC(NC(=O)NCc1ncc(C)o1)C(=O)O. The van der Waals surface area contributed by atoms with Crippen molar-refractivity contribution < 1.29 is 19.1 Å².